The molecule has 0 aliphatic rings. The molecule has 0 bridgehead atoms. The average molecular weight is 491 g/mol. The van der Waals surface area contributed by atoms with Gasteiger partial charge >= 0.3 is 6.18 Å². The van der Waals surface area contributed by atoms with Gasteiger partial charge in [-0.25, -0.2) is 4.68 Å². The highest BCUT2D eigenvalue weighted by molar-refractivity contribution is 5.98. The quantitative estimate of drug-likeness (QED) is 0.442. The highest BCUT2D eigenvalue weighted by Crippen LogP contribution is 2.36. The summed E-state index contributed by atoms with van der Waals surface area (Å²) in [5, 5.41) is 21.3. The van der Waals surface area contributed by atoms with Gasteiger partial charge in [0.1, 0.15) is 0 Å². The lowest BCUT2D eigenvalue weighted by molar-refractivity contribution is -0.206. The molecule has 188 valence electrons. The zero-order chi connectivity index (χ0) is 26.2. The van der Waals surface area contributed by atoms with Crippen LogP contribution in [0.1, 0.15) is 45.1 Å². The van der Waals surface area contributed by atoms with Crippen molar-refractivity contribution in [3.63, 3.8) is 0 Å². The number of aliphatic hydroxyl groups is 1. The Bertz CT molecular complexity index is 1360. The predicted molar refractivity (Wildman–Crippen MR) is 129 cm³/mol. The summed E-state index contributed by atoms with van der Waals surface area (Å²) >= 11 is 0. The van der Waals surface area contributed by atoms with Gasteiger partial charge in [-0.05, 0) is 36.5 Å². The summed E-state index contributed by atoms with van der Waals surface area (Å²) in [6.07, 6.45) is -5.11. The molecule has 3 aromatic rings. The Balaban J connectivity index is 2.40. The Hall–Kier alpha value is -3.40. The molecule has 0 radical (unpaired) electrons. The number of rotatable bonds is 7. The Morgan fingerprint density at radius 2 is 1.91 bits per heavy atom. The van der Waals surface area contributed by atoms with Crippen molar-refractivity contribution in [2.75, 3.05) is 0 Å². The summed E-state index contributed by atoms with van der Waals surface area (Å²) in [5.41, 5.74) is 8.44. The average Bonchev–Trinajstić information content (AvgIpc) is 3.13. The predicted octanol–water partition coefficient (Wildman–Crippen LogP) is 2.65. The zero-order valence-corrected chi connectivity index (χ0v) is 20.4. The number of fused-ring (bicyclic) bond motifs is 1. The Morgan fingerprint density at radius 1 is 1.26 bits per heavy atom. The summed E-state index contributed by atoms with van der Waals surface area (Å²) in [4.78, 5) is 13.3. The number of allylic oxidation sites excluding steroid dienone is 2. The number of halogens is 3. The number of alkyl halides is 3. The minimum Gasteiger partial charge on any atom is -0.402 e. The fourth-order valence-corrected chi connectivity index (χ4v) is 4.18. The van der Waals surface area contributed by atoms with E-state index >= 15 is 0 Å². The normalized spacial score (nSPS) is 13.9. The van der Waals surface area contributed by atoms with Gasteiger partial charge in [0.2, 0.25) is 0 Å². The van der Waals surface area contributed by atoms with E-state index in [9.17, 15) is 23.1 Å². The molecule has 35 heavy (non-hydrogen) atoms. The van der Waals surface area contributed by atoms with Crippen LogP contribution in [-0.4, -0.2) is 31.3 Å². The monoisotopic (exact) mass is 490 g/mol. The lowest BCUT2D eigenvalue weighted by Gasteiger charge is -2.17. The molecule has 1 unspecified atom stereocenters. The summed E-state index contributed by atoms with van der Waals surface area (Å²) in [5.74, 6) is 0.252. The number of hydrogen-bond acceptors (Lipinski definition) is 4. The molecular weight excluding hydrogens is 459 g/mol. The van der Waals surface area contributed by atoms with Crippen LogP contribution in [-0.2, 0) is 20.0 Å². The van der Waals surface area contributed by atoms with Crippen LogP contribution in [0.15, 0.2) is 46.5 Å². The fourth-order valence-electron chi connectivity index (χ4n) is 4.18. The standard InChI is InChI=1S/C25H30F3N5O2/c1-13(2)9-20-19-12-33(11-18(14(3)29)15(4)30)22(21(19)24(35)32(5)31-20)16-7-6-8-17(10-16)23(34)25(26,27)28/h6-8,10,12-13,23,29,34H,9,11,30H2,1-5H3/p+1/b18-15-,29-14?. The Labute approximate surface area is 201 Å². The third-order valence-corrected chi connectivity index (χ3v) is 5.84. The highest BCUT2D eigenvalue weighted by Gasteiger charge is 2.39. The van der Waals surface area contributed by atoms with Crippen LogP contribution in [0.3, 0.4) is 0 Å². The second-order valence-corrected chi connectivity index (χ2v) is 9.28. The third-order valence-electron chi connectivity index (χ3n) is 5.84. The van der Waals surface area contributed by atoms with E-state index in [-0.39, 0.29) is 23.6 Å². The van der Waals surface area contributed by atoms with E-state index in [1.807, 2.05) is 13.8 Å². The van der Waals surface area contributed by atoms with Crippen molar-refractivity contribution in [2.24, 2.45) is 18.7 Å². The van der Waals surface area contributed by atoms with E-state index in [0.717, 1.165) is 0 Å². The van der Waals surface area contributed by atoms with Crippen LogP contribution >= 0.6 is 0 Å². The molecule has 2 heterocycles. The highest BCUT2D eigenvalue weighted by atomic mass is 19.4. The number of benzene rings is 1. The molecule has 7 nitrogen and oxygen atoms in total. The first-order valence-corrected chi connectivity index (χ1v) is 11.2. The van der Waals surface area contributed by atoms with Crippen molar-refractivity contribution < 1.29 is 23.7 Å². The maximum atomic E-state index is 13.3. The zero-order valence-electron chi connectivity index (χ0n) is 20.4. The van der Waals surface area contributed by atoms with Crippen molar-refractivity contribution in [1.29, 1.82) is 0 Å². The van der Waals surface area contributed by atoms with Gasteiger partial charge < -0.3 is 15.4 Å². The van der Waals surface area contributed by atoms with Crippen LogP contribution in [0.4, 0.5) is 13.2 Å². The van der Waals surface area contributed by atoms with Crippen LogP contribution in [0, 0.1) is 5.92 Å². The van der Waals surface area contributed by atoms with Gasteiger partial charge in [-0.3, -0.25) is 10.2 Å². The van der Waals surface area contributed by atoms with Gasteiger partial charge in [0.25, 0.3) is 5.56 Å². The summed E-state index contributed by atoms with van der Waals surface area (Å²) < 4.78 is 42.7. The molecule has 10 heteroatoms. The first kappa shape index (κ1) is 26.2. The number of aromatic nitrogens is 3. The molecule has 2 aromatic heterocycles. The van der Waals surface area contributed by atoms with Gasteiger partial charge in [-0.2, -0.15) is 18.3 Å². The van der Waals surface area contributed by atoms with Crippen LogP contribution in [0.2, 0.25) is 0 Å². The fraction of sp³-hybridized carbons (Fsp3) is 0.400. The number of aryl methyl sites for hydroxylation is 1. The number of aliphatic hydroxyl groups excluding tert-OH is 1. The Morgan fingerprint density at radius 3 is 2.46 bits per heavy atom. The number of nitrogens with zero attached hydrogens (tertiary/aromatic N) is 3. The van der Waals surface area contributed by atoms with E-state index in [1.165, 1.54) is 22.9 Å². The van der Waals surface area contributed by atoms with Gasteiger partial charge in [0.05, 0.1) is 28.9 Å². The first-order chi connectivity index (χ1) is 16.2. The van der Waals surface area contributed by atoms with Gasteiger partial charge in [0.15, 0.2) is 11.8 Å². The SMILES string of the molecule is CC(=[NH2+])/C(Cn1cc2c(CC(C)C)nn(C)c(=O)c2c1-c1cccc(C(O)C(F)(F)F)c1)=C(/C)N. The molecule has 5 N–H and O–H groups in total. The molecule has 1 aromatic carbocycles. The molecule has 0 fully saturated rings. The lowest BCUT2D eigenvalue weighted by Crippen LogP contribution is -2.40. The topological polar surface area (TPSA) is 112 Å². The number of hydrogen-bond donors (Lipinski definition) is 3. The summed E-state index contributed by atoms with van der Waals surface area (Å²) in [6.45, 7) is 7.68. The van der Waals surface area contributed by atoms with Gasteiger partial charge in [-0.1, -0.05) is 32.0 Å². The van der Waals surface area contributed by atoms with Crippen molar-refractivity contribution in [3.8, 4) is 11.3 Å². The second-order valence-electron chi connectivity index (χ2n) is 9.28. The lowest BCUT2D eigenvalue weighted by atomic mass is 10.0. The van der Waals surface area contributed by atoms with Crippen LogP contribution in [0.25, 0.3) is 22.0 Å². The van der Waals surface area contributed by atoms with E-state index in [0.29, 0.717) is 51.1 Å². The molecule has 3 rings (SSSR count). The van der Waals surface area contributed by atoms with Crippen LogP contribution < -0.4 is 16.7 Å². The minimum absolute atomic E-state index is 0.199. The molecule has 0 aliphatic carbocycles. The Kier molecular flexibility index (Phi) is 7.26. The van der Waals surface area contributed by atoms with Crippen LogP contribution in [0.5, 0.6) is 0 Å². The van der Waals surface area contributed by atoms with Gasteiger partial charge in [-0.15, -0.1) is 0 Å². The largest absolute Gasteiger partial charge is 0.418 e. The minimum atomic E-state index is -4.83. The smallest absolute Gasteiger partial charge is 0.402 e. The van der Waals surface area contributed by atoms with E-state index in [1.54, 1.807) is 37.7 Å². The summed E-state index contributed by atoms with van der Waals surface area (Å²) in [7, 11) is 1.55. The van der Waals surface area contributed by atoms with Crippen molar-refractivity contribution in [1.82, 2.24) is 14.3 Å². The molecule has 1 atom stereocenters. The molecule has 0 aliphatic heterocycles. The molecule has 0 spiro atoms. The second kappa shape index (κ2) is 9.69. The molecule has 0 saturated carbocycles. The van der Waals surface area contributed by atoms with Gasteiger partial charge in [0, 0.05) is 31.3 Å². The molecular formula is C25H31F3N5O2+. The third kappa shape index (κ3) is 5.32. The van der Waals surface area contributed by atoms with Crippen molar-refractivity contribution in [2.45, 2.75) is 52.9 Å². The van der Waals surface area contributed by atoms with E-state index in [2.05, 4.69) is 5.10 Å². The van der Waals surface area contributed by atoms with E-state index in [4.69, 9.17) is 11.1 Å². The first-order valence-electron chi connectivity index (χ1n) is 11.2. The maximum Gasteiger partial charge on any atom is 0.418 e. The summed E-state index contributed by atoms with van der Waals surface area (Å²) in [6, 6.07) is 5.49. The number of nitrogens with two attached hydrogens (primary N) is 2. The van der Waals surface area contributed by atoms with Crippen molar-refractivity contribution >= 4 is 16.5 Å². The maximum absolute atomic E-state index is 13.3. The molecule has 0 amide bonds. The van der Waals surface area contributed by atoms with E-state index < -0.39 is 12.3 Å². The van der Waals surface area contributed by atoms with Crippen molar-refractivity contribution in [3.05, 3.63) is 63.3 Å². The molecule has 0 saturated heterocycles.